The Morgan fingerprint density at radius 2 is 1.65 bits per heavy atom. The molecule has 2 aromatic rings. The highest BCUT2D eigenvalue weighted by Crippen LogP contribution is 2.30. The Balaban J connectivity index is 2.40. The van der Waals surface area contributed by atoms with Crippen LogP contribution in [0.5, 0.6) is 5.75 Å². The highest BCUT2D eigenvalue weighted by atomic mass is 19.3. The lowest BCUT2D eigenvalue weighted by Gasteiger charge is -2.17. The van der Waals surface area contributed by atoms with Crippen LogP contribution in [0.15, 0.2) is 42.5 Å². The molecule has 20 heavy (non-hydrogen) atoms. The second kappa shape index (κ2) is 5.92. The predicted molar refractivity (Wildman–Crippen MR) is 65.5 cm³/mol. The van der Waals surface area contributed by atoms with E-state index in [1.807, 2.05) is 0 Å². The molecule has 0 aliphatic heterocycles. The largest absolute Gasteiger partial charge is 0.434 e. The van der Waals surface area contributed by atoms with Gasteiger partial charge in [0.15, 0.2) is 0 Å². The molecule has 0 radical (unpaired) electrons. The van der Waals surface area contributed by atoms with Gasteiger partial charge in [0.25, 0.3) is 0 Å². The molecule has 2 nitrogen and oxygen atoms in total. The average Bonchev–Trinajstić information content (AvgIpc) is 2.38. The number of ether oxygens (including phenoxy) is 1. The number of halogens is 4. The van der Waals surface area contributed by atoms with Gasteiger partial charge in [0, 0.05) is 17.2 Å². The van der Waals surface area contributed by atoms with E-state index in [4.69, 9.17) is 5.73 Å². The lowest BCUT2D eigenvalue weighted by atomic mass is 9.98. The third kappa shape index (κ3) is 3.08. The molecule has 1 unspecified atom stereocenters. The number of alkyl halides is 2. The average molecular weight is 285 g/mol. The Hall–Kier alpha value is -2.08. The first-order valence-electron chi connectivity index (χ1n) is 5.73. The number of rotatable bonds is 4. The smallest absolute Gasteiger partial charge is 0.387 e. The number of hydrogen-bond acceptors (Lipinski definition) is 2. The number of hydrogen-bond donors (Lipinski definition) is 1. The molecule has 2 N–H and O–H groups in total. The van der Waals surface area contributed by atoms with Crippen LogP contribution in [0.2, 0.25) is 0 Å². The van der Waals surface area contributed by atoms with Gasteiger partial charge in [0.2, 0.25) is 0 Å². The summed E-state index contributed by atoms with van der Waals surface area (Å²) in [5, 5.41) is 0. The molecule has 0 aliphatic rings. The maximum absolute atomic E-state index is 13.7. The van der Waals surface area contributed by atoms with Crippen LogP contribution in [0.4, 0.5) is 17.6 Å². The summed E-state index contributed by atoms with van der Waals surface area (Å²) < 4.78 is 55.5. The summed E-state index contributed by atoms with van der Waals surface area (Å²) in [7, 11) is 0. The van der Waals surface area contributed by atoms with Crippen molar-refractivity contribution in [3.63, 3.8) is 0 Å². The highest BCUT2D eigenvalue weighted by molar-refractivity contribution is 5.41. The van der Waals surface area contributed by atoms with Gasteiger partial charge in [-0.2, -0.15) is 8.78 Å². The maximum atomic E-state index is 13.7. The minimum absolute atomic E-state index is 0.00304. The summed E-state index contributed by atoms with van der Waals surface area (Å²) in [5.41, 5.74) is 6.05. The molecule has 0 saturated carbocycles. The Morgan fingerprint density at radius 3 is 2.30 bits per heavy atom. The van der Waals surface area contributed by atoms with Crippen molar-refractivity contribution in [2.75, 3.05) is 0 Å². The summed E-state index contributed by atoms with van der Waals surface area (Å²) in [5.74, 6) is -1.72. The van der Waals surface area contributed by atoms with Crippen molar-refractivity contribution in [2.45, 2.75) is 12.7 Å². The molecular weight excluding hydrogens is 274 g/mol. The molecular formula is C14H11F4NO. The summed E-state index contributed by atoms with van der Waals surface area (Å²) in [6, 6.07) is 7.69. The highest BCUT2D eigenvalue weighted by Gasteiger charge is 2.19. The lowest BCUT2D eigenvalue weighted by Crippen LogP contribution is -2.16. The second-order valence-corrected chi connectivity index (χ2v) is 4.06. The van der Waals surface area contributed by atoms with Crippen molar-refractivity contribution in [1.82, 2.24) is 0 Å². The van der Waals surface area contributed by atoms with Gasteiger partial charge in [0.05, 0.1) is 6.04 Å². The van der Waals surface area contributed by atoms with Crippen molar-refractivity contribution < 1.29 is 22.3 Å². The number of para-hydroxylation sites is 1. The summed E-state index contributed by atoms with van der Waals surface area (Å²) in [6.07, 6.45) is 0. The Morgan fingerprint density at radius 1 is 0.950 bits per heavy atom. The van der Waals surface area contributed by atoms with E-state index in [2.05, 4.69) is 4.74 Å². The zero-order chi connectivity index (χ0) is 14.7. The van der Waals surface area contributed by atoms with E-state index in [1.165, 1.54) is 24.3 Å². The fraction of sp³-hybridized carbons (Fsp3) is 0.143. The number of benzene rings is 2. The Labute approximate surface area is 112 Å². The Kier molecular flexibility index (Phi) is 4.24. The minimum atomic E-state index is -3.01. The molecule has 0 heterocycles. The molecule has 0 aromatic heterocycles. The SMILES string of the molecule is NC(c1ccc(F)cc1F)c1ccccc1OC(F)F. The molecule has 1 atom stereocenters. The normalized spacial score (nSPS) is 12.5. The van der Waals surface area contributed by atoms with E-state index in [0.29, 0.717) is 6.07 Å². The summed E-state index contributed by atoms with van der Waals surface area (Å²) in [6.45, 7) is -3.01. The Bertz CT molecular complexity index is 603. The molecule has 0 aliphatic carbocycles. The monoisotopic (exact) mass is 285 g/mol. The topological polar surface area (TPSA) is 35.2 Å². The minimum Gasteiger partial charge on any atom is -0.434 e. The maximum Gasteiger partial charge on any atom is 0.387 e. The fourth-order valence-corrected chi connectivity index (χ4v) is 1.86. The quantitative estimate of drug-likeness (QED) is 0.871. The van der Waals surface area contributed by atoms with Crippen molar-refractivity contribution in [3.05, 3.63) is 65.2 Å². The van der Waals surface area contributed by atoms with Crippen molar-refractivity contribution in [1.29, 1.82) is 0 Å². The van der Waals surface area contributed by atoms with Crippen LogP contribution in [0.1, 0.15) is 17.2 Å². The van der Waals surface area contributed by atoms with Gasteiger partial charge in [-0.25, -0.2) is 8.78 Å². The van der Waals surface area contributed by atoms with Crippen molar-refractivity contribution in [2.24, 2.45) is 5.73 Å². The van der Waals surface area contributed by atoms with E-state index in [-0.39, 0.29) is 16.9 Å². The van der Waals surface area contributed by atoms with Gasteiger partial charge in [0.1, 0.15) is 17.4 Å². The van der Waals surface area contributed by atoms with E-state index in [1.54, 1.807) is 6.07 Å². The van der Waals surface area contributed by atoms with E-state index >= 15 is 0 Å². The molecule has 6 heteroatoms. The van der Waals surface area contributed by atoms with Crippen molar-refractivity contribution in [3.8, 4) is 5.75 Å². The second-order valence-electron chi connectivity index (χ2n) is 4.06. The van der Waals surface area contributed by atoms with Gasteiger partial charge in [-0.1, -0.05) is 24.3 Å². The van der Waals surface area contributed by atoms with Gasteiger partial charge in [-0.3, -0.25) is 0 Å². The first kappa shape index (κ1) is 14.3. The van der Waals surface area contributed by atoms with Crippen LogP contribution in [0.25, 0.3) is 0 Å². The molecule has 0 fully saturated rings. The lowest BCUT2D eigenvalue weighted by molar-refractivity contribution is -0.0505. The third-order valence-corrected chi connectivity index (χ3v) is 2.77. The van der Waals surface area contributed by atoms with E-state index in [0.717, 1.165) is 6.07 Å². The van der Waals surface area contributed by atoms with Crippen LogP contribution < -0.4 is 10.5 Å². The molecule has 0 bridgehead atoms. The van der Waals surface area contributed by atoms with Gasteiger partial charge in [-0.05, 0) is 12.1 Å². The van der Waals surface area contributed by atoms with Crippen molar-refractivity contribution >= 4 is 0 Å². The van der Waals surface area contributed by atoms with Crippen LogP contribution in [-0.4, -0.2) is 6.61 Å². The predicted octanol–water partition coefficient (Wildman–Crippen LogP) is 3.61. The van der Waals surface area contributed by atoms with Gasteiger partial charge < -0.3 is 10.5 Å². The van der Waals surface area contributed by atoms with Crippen LogP contribution in [0, 0.1) is 11.6 Å². The molecule has 2 aromatic carbocycles. The molecule has 0 spiro atoms. The summed E-state index contributed by atoms with van der Waals surface area (Å²) in [4.78, 5) is 0. The molecule has 2 rings (SSSR count). The third-order valence-electron chi connectivity index (χ3n) is 2.77. The molecule has 106 valence electrons. The van der Waals surface area contributed by atoms with E-state index < -0.39 is 24.3 Å². The fourth-order valence-electron chi connectivity index (χ4n) is 1.86. The zero-order valence-electron chi connectivity index (χ0n) is 10.2. The molecule has 0 saturated heterocycles. The number of nitrogens with two attached hydrogens (primary N) is 1. The standard InChI is InChI=1S/C14H11F4NO/c15-8-5-6-9(11(16)7-8)13(19)10-3-1-2-4-12(10)20-14(17)18/h1-7,13-14H,19H2. The first-order chi connectivity index (χ1) is 9.49. The van der Waals surface area contributed by atoms with E-state index in [9.17, 15) is 17.6 Å². The zero-order valence-corrected chi connectivity index (χ0v) is 10.2. The van der Waals surface area contributed by atoms with Crippen LogP contribution >= 0.6 is 0 Å². The van der Waals surface area contributed by atoms with Gasteiger partial charge >= 0.3 is 6.61 Å². The first-order valence-corrected chi connectivity index (χ1v) is 5.73. The van der Waals surface area contributed by atoms with Crippen LogP contribution in [-0.2, 0) is 0 Å². The van der Waals surface area contributed by atoms with Crippen LogP contribution in [0.3, 0.4) is 0 Å². The summed E-state index contributed by atoms with van der Waals surface area (Å²) >= 11 is 0. The van der Waals surface area contributed by atoms with Gasteiger partial charge in [-0.15, -0.1) is 0 Å². The molecule has 0 amide bonds.